The smallest absolute Gasteiger partial charge is 0.236 e. The first-order valence-electron chi connectivity index (χ1n) is 15.5. The highest BCUT2D eigenvalue weighted by molar-refractivity contribution is 5.92. The van der Waals surface area contributed by atoms with E-state index in [1.54, 1.807) is 6.92 Å². The van der Waals surface area contributed by atoms with E-state index in [1.807, 2.05) is 35.2 Å². The van der Waals surface area contributed by atoms with Gasteiger partial charge in [0, 0.05) is 71.0 Å². The van der Waals surface area contributed by atoms with Crippen LogP contribution in [0.2, 0.25) is 0 Å². The monoisotopic (exact) mass is 563 g/mol. The van der Waals surface area contributed by atoms with Crippen LogP contribution < -0.4 is 4.90 Å². The molecule has 3 aliphatic heterocycles. The van der Waals surface area contributed by atoms with Gasteiger partial charge in [0.1, 0.15) is 5.82 Å². The van der Waals surface area contributed by atoms with E-state index in [4.69, 9.17) is 0 Å². The summed E-state index contributed by atoms with van der Waals surface area (Å²) in [5.41, 5.74) is 3.07. The number of likely N-dealkylation sites (tertiary alicyclic amines) is 2. The quantitative estimate of drug-likeness (QED) is 0.541. The number of piperidine rings is 2. The molecular weight excluding hydrogens is 517 g/mol. The Morgan fingerprint density at radius 3 is 2.22 bits per heavy atom. The van der Waals surface area contributed by atoms with Gasteiger partial charge in [-0.15, -0.1) is 0 Å². The van der Waals surface area contributed by atoms with Crippen LogP contribution in [0, 0.1) is 5.82 Å². The lowest BCUT2D eigenvalue weighted by molar-refractivity contribution is -0.134. The average Bonchev–Trinajstić information content (AvgIpc) is 3.02. The topological polar surface area (TPSA) is 50.3 Å². The van der Waals surface area contributed by atoms with Gasteiger partial charge in [-0.1, -0.05) is 36.8 Å². The van der Waals surface area contributed by atoms with E-state index in [2.05, 4.69) is 25.7 Å². The number of para-hydroxylation sites is 1. The summed E-state index contributed by atoms with van der Waals surface area (Å²) in [7, 11) is 0. The standard InChI is InChI=1S/C33H46FN5O2/c1-27(40)39-19-7-16-35(24-28-10-12-30(34)13-11-28)22-23-36(25-29-8-3-4-9-32(29)39)26-33(41)38-20-14-31(15-21-38)37-17-5-2-6-18-37/h3-4,8-13,31H,2,5-7,14-26H2,1H3. The van der Waals surface area contributed by atoms with Gasteiger partial charge in [-0.2, -0.15) is 0 Å². The zero-order valence-corrected chi connectivity index (χ0v) is 24.6. The van der Waals surface area contributed by atoms with Crippen LogP contribution in [0.4, 0.5) is 10.1 Å². The van der Waals surface area contributed by atoms with E-state index in [0.29, 0.717) is 32.2 Å². The highest BCUT2D eigenvalue weighted by atomic mass is 19.1. The Hall–Kier alpha value is -2.81. The lowest BCUT2D eigenvalue weighted by Gasteiger charge is -2.40. The first-order chi connectivity index (χ1) is 20.0. The molecule has 2 amide bonds. The number of hydrogen-bond donors (Lipinski definition) is 0. The van der Waals surface area contributed by atoms with Crippen LogP contribution in [0.15, 0.2) is 48.5 Å². The van der Waals surface area contributed by atoms with Crippen LogP contribution >= 0.6 is 0 Å². The summed E-state index contributed by atoms with van der Waals surface area (Å²) in [5.74, 6) is -0.00496. The molecule has 2 saturated heterocycles. The fraction of sp³-hybridized carbons (Fsp3) is 0.576. The normalized spacial score (nSPS) is 20.8. The lowest BCUT2D eigenvalue weighted by Crippen LogP contribution is -2.50. The van der Waals surface area contributed by atoms with Crippen molar-refractivity contribution in [2.24, 2.45) is 0 Å². The molecule has 0 radical (unpaired) electrons. The van der Waals surface area contributed by atoms with E-state index in [-0.39, 0.29) is 17.6 Å². The summed E-state index contributed by atoms with van der Waals surface area (Å²) in [4.78, 5) is 37.5. The molecule has 0 aromatic heterocycles. The highest BCUT2D eigenvalue weighted by Gasteiger charge is 2.29. The van der Waals surface area contributed by atoms with E-state index in [0.717, 1.165) is 68.8 Å². The SMILES string of the molecule is CC(=O)N1CCCN(Cc2ccc(F)cc2)CCN(CC(=O)N2CCC(N3CCCCC3)CC2)Cc2ccccc21. The first-order valence-corrected chi connectivity index (χ1v) is 15.5. The van der Waals surface area contributed by atoms with Crippen molar-refractivity contribution in [1.29, 1.82) is 0 Å². The fourth-order valence-corrected chi connectivity index (χ4v) is 6.72. The Bertz CT molecular complexity index is 1140. The molecule has 5 rings (SSSR count). The lowest BCUT2D eigenvalue weighted by atomic mass is 10.00. The number of nitrogens with zero attached hydrogens (tertiary/aromatic N) is 5. The predicted octanol–water partition coefficient (Wildman–Crippen LogP) is 4.36. The number of benzene rings is 2. The minimum Gasteiger partial charge on any atom is -0.341 e. The van der Waals surface area contributed by atoms with Crippen molar-refractivity contribution < 1.29 is 14.0 Å². The third-order valence-corrected chi connectivity index (χ3v) is 9.05. The van der Waals surface area contributed by atoms with E-state index in [1.165, 1.54) is 44.5 Å². The molecule has 0 saturated carbocycles. The average molecular weight is 564 g/mol. The van der Waals surface area contributed by atoms with Gasteiger partial charge >= 0.3 is 0 Å². The van der Waals surface area contributed by atoms with Crippen molar-refractivity contribution in [3.05, 3.63) is 65.5 Å². The van der Waals surface area contributed by atoms with Crippen molar-refractivity contribution in [3.8, 4) is 0 Å². The molecule has 0 N–H and O–H groups in total. The number of halogens is 1. The molecule has 0 spiro atoms. The summed E-state index contributed by atoms with van der Waals surface area (Å²) in [6.07, 6.45) is 6.91. The number of hydrogen-bond acceptors (Lipinski definition) is 5. The summed E-state index contributed by atoms with van der Waals surface area (Å²) in [6, 6.07) is 15.4. The Morgan fingerprint density at radius 1 is 0.780 bits per heavy atom. The molecule has 2 aromatic rings. The third-order valence-electron chi connectivity index (χ3n) is 9.05. The number of anilines is 1. The summed E-state index contributed by atoms with van der Waals surface area (Å²) in [6.45, 7) is 10.4. The number of rotatable bonds is 5. The summed E-state index contributed by atoms with van der Waals surface area (Å²) in [5, 5.41) is 0. The zero-order chi connectivity index (χ0) is 28.6. The molecule has 41 heavy (non-hydrogen) atoms. The van der Waals surface area contributed by atoms with Gasteiger partial charge in [0.05, 0.1) is 6.54 Å². The van der Waals surface area contributed by atoms with Crippen molar-refractivity contribution in [3.63, 3.8) is 0 Å². The van der Waals surface area contributed by atoms with Crippen molar-refractivity contribution in [2.75, 3.05) is 63.8 Å². The third kappa shape index (κ3) is 8.15. The fourth-order valence-electron chi connectivity index (χ4n) is 6.72. The van der Waals surface area contributed by atoms with Crippen molar-refractivity contribution in [1.82, 2.24) is 19.6 Å². The molecule has 0 atom stereocenters. The van der Waals surface area contributed by atoms with Crippen LogP contribution in [0.1, 0.15) is 56.6 Å². The maximum atomic E-state index is 13.6. The number of carbonyl (C=O) groups excluding carboxylic acids is 2. The van der Waals surface area contributed by atoms with Crippen LogP contribution in [-0.2, 0) is 22.7 Å². The second-order valence-electron chi connectivity index (χ2n) is 12.0. The first kappa shape index (κ1) is 29.7. The molecule has 7 nitrogen and oxygen atoms in total. The molecule has 2 fully saturated rings. The van der Waals surface area contributed by atoms with E-state index < -0.39 is 0 Å². The Balaban J connectivity index is 1.29. The van der Waals surface area contributed by atoms with Gasteiger partial charge in [-0.05, 0) is 74.5 Å². The highest BCUT2D eigenvalue weighted by Crippen LogP contribution is 2.25. The largest absolute Gasteiger partial charge is 0.341 e. The Morgan fingerprint density at radius 2 is 1.49 bits per heavy atom. The molecular formula is C33H46FN5O2. The second kappa shape index (κ2) is 14.4. The van der Waals surface area contributed by atoms with Crippen molar-refractivity contribution >= 4 is 17.5 Å². The second-order valence-corrected chi connectivity index (χ2v) is 12.0. The van der Waals surface area contributed by atoms with Gasteiger partial charge in [0.15, 0.2) is 0 Å². The van der Waals surface area contributed by atoms with Gasteiger partial charge in [-0.3, -0.25) is 19.4 Å². The maximum absolute atomic E-state index is 13.6. The van der Waals surface area contributed by atoms with Crippen molar-refractivity contribution in [2.45, 2.75) is 64.6 Å². The maximum Gasteiger partial charge on any atom is 0.236 e. The zero-order valence-electron chi connectivity index (χ0n) is 24.6. The molecule has 8 heteroatoms. The number of carbonyl (C=O) groups is 2. The number of fused-ring (bicyclic) bond motifs is 1. The minimum absolute atomic E-state index is 0.0287. The predicted molar refractivity (Wildman–Crippen MR) is 161 cm³/mol. The molecule has 0 bridgehead atoms. The van der Waals surface area contributed by atoms with Gasteiger partial charge in [0.25, 0.3) is 0 Å². The van der Waals surface area contributed by atoms with Crippen LogP contribution in [0.5, 0.6) is 0 Å². The molecule has 3 aliphatic rings. The molecule has 0 unspecified atom stereocenters. The Labute approximate surface area is 244 Å². The van der Waals surface area contributed by atoms with Gasteiger partial charge < -0.3 is 14.7 Å². The molecule has 3 heterocycles. The molecule has 0 aliphatic carbocycles. The van der Waals surface area contributed by atoms with Crippen LogP contribution in [-0.4, -0.2) is 96.4 Å². The summed E-state index contributed by atoms with van der Waals surface area (Å²) < 4.78 is 13.5. The van der Waals surface area contributed by atoms with E-state index in [9.17, 15) is 14.0 Å². The minimum atomic E-state index is -0.231. The Kier molecular flexibility index (Phi) is 10.4. The summed E-state index contributed by atoms with van der Waals surface area (Å²) >= 11 is 0. The number of amides is 2. The van der Waals surface area contributed by atoms with E-state index >= 15 is 0 Å². The van der Waals surface area contributed by atoms with Crippen LogP contribution in [0.25, 0.3) is 0 Å². The molecule has 2 aromatic carbocycles. The molecule has 222 valence electrons. The van der Waals surface area contributed by atoms with Gasteiger partial charge in [-0.25, -0.2) is 4.39 Å². The van der Waals surface area contributed by atoms with Crippen LogP contribution in [0.3, 0.4) is 0 Å². The van der Waals surface area contributed by atoms with Gasteiger partial charge in [0.2, 0.25) is 11.8 Å².